The van der Waals surface area contributed by atoms with Gasteiger partial charge in [0.1, 0.15) is 23.8 Å². The van der Waals surface area contributed by atoms with Crippen LogP contribution in [0.2, 0.25) is 5.02 Å². The number of nitrogens with one attached hydrogen (secondary N) is 3. The molecule has 0 bridgehead atoms. The fourth-order valence-electron chi connectivity index (χ4n) is 3.29. The highest BCUT2D eigenvalue weighted by Gasteiger charge is 2.24. The number of hydrogen-bond donors (Lipinski definition) is 4. The quantitative estimate of drug-likeness (QED) is 0.525. The molecule has 2 aromatic heterocycles. The number of anilines is 1. The largest absolute Gasteiger partial charge is 0.373 e. The lowest BCUT2D eigenvalue weighted by Gasteiger charge is -2.24. The van der Waals surface area contributed by atoms with Gasteiger partial charge in [-0.3, -0.25) is 9.78 Å². The minimum absolute atomic E-state index is 0.184. The summed E-state index contributed by atoms with van der Waals surface area (Å²) in [5.41, 5.74) is 8.90. The molecule has 5 N–H and O–H groups in total. The normalized spacial score (nSPS) is 17.3. The average Bonchev–Trinajstić information content (AvgIpc) is 3.09. The van der Waals surface area contributed by atoms with Gasteiger partial charge in [0.25, 0.3) is 5.65 Å². The summed E-state index contributed by atoms with van der Waals surface area (Å²) in [6, 6.07) is 7.81. The Hall–Kier alpha value is -2.64. The van der Waals surface area contributed by atoms with Crippen molar-refractivity contribution >= 4 is 28.8 Å². The lowest BCUT2D eigenvalue weighted by Crippen LogP contribution is -2.40. The lowest BCUT2D eigenvalue weighted by atomic mass is 10.1. The Morgan fingerprint density at radius 3 is 2.85 bits per heavy atom. The number of nitrogens with two attached hydrogens (primary N) is 1. The van der Waals surface area contributed by atoms with Crippen molar-refractivity contribution in [1.29, 1.82) is 0 Å². The van der Waals surface area contributed by atoms with Gasteiger partial charge >= 0.3 is 11.7 Å². The molecule has 0 radical (unpaired) electrons. The number of primary amides is 1. The fourth-order valence-corrected chi connectivity index (χ4v) is 3.41. The van der Waals surface area contributed by atoms with Gasteiger partial charge in [0.05, 0.1) is 0 Å². The molecule has 1 amide bonds. The number of carbonyl (C=O) groups excluding carboxylic acids is 1. The van der Waals surface area contributed by atoms with Crippen LogP contribution in [-0.4, -0.2) is 35.0 Å². The van der Waals surface area contributed by atoms with Crippen LogP contribution in [-0.2, 0) is 0 Å². The van der Waals surface area contributed by atoms with Crippen LogP contribution in [0.1, 0.15) is 23.5 Å². The Morgan fingerprint density at radius 2 is 2.15 bits per heavy atom. The second kappa shape index (κ2) is 6.93. The number of halogens is 1. The maximum absolute atomic E-state index is 11.8. The lowest BCUT2D eigenvalue weighted by molar-refractivity contribution is -0.515. The number of aromatic amines is 1. The first kappa shape index (κ1) is 16.8. The molecule has 26 heavy (non-hydrogen) atoms. The van der Waals surface area contributed by atoms with E-state index in [1.54, 1.807) is 10.6 Å². The van der Waals surface area contributed by atoms with Crippen LogP contribution < -0.4 is 20.8 Å². The number of amides is 1. The van der Waals surface area contributed by atoms with Crippen LogP contribution in [0.25, 0.3) is 16.9 Å². The van der Waals surface area contributed by atoms with Crippen molar-refractivity contribution in [2.75, 3.05) is 18.4 Å². The molecule has 1 aliphatic rings. The minimum atomic E-state index is -0.576. The smallest absolute Gasteiger partial charge is 0.333 e. The van der Waals surface area contributed by atoms with Crippen molar-refractivity contribution in [2.24, 2.45) is 5.73 Å². The van der Waals surface area contributed by atoms with Gasteiger partial charge < -0.3 is 16.4 Å². The molecule has 8 heteroatoms. The standard InChI is InChI=1S/C18H19ClN6O/c19-12-5-3-11(4-6-12)15-10-25-17(24-15)14(9-22-18(25)16(20)26)23-13-2-1-7-21-8-13/h3-6,9-10,13,21H,1-2,7-8H2,(H3,20,23,26)/p+1/t13-/m0/s1. The third kappa shape index (κ3) is 3.23. The number of imidazole rings is 1. The van der Waals surface area contributed by atoms with E-state index in [0.29, 0.717) is 11.1 Å². The van der Waals surface area contributed by atoms with Crippen molar-refractivity contribution < 1.29 is 9.20 Å². The van der Waals surface area contributed by atoms with Crippen LogP contribution in [0.5, 0.6) is 0 Å². The van der Waals surface area contributed by atoms with Crippen molar-refractivity contribution in [3.05, 3.63) is 47.5 Å². The number of carbonyl (C=O) groups is 1. The first-order chi connectivity index (χ1) is 12.6. The van der Waals surface area contributed by atoms with Crippen LogP contribution >= 0.6 is 11.6 Å². The molecule has 0 saturated carbocycles. The zero-order chi connectivity index (χ0) is 18.1. The van der Waals surface area contributed by atoms with Gasteiger partial charge in [0.2, 0.25) is 0 Å². The molecule has 3 heterocycles. The molecule has 0 aliphatic carbocycles. The third-order valence-electron chi connectivity index (χ3n) is 4.58. The summed E-state index contributed by atoms with van der Waals surface area (Å²) in [4.78, 5) is 19.4. The number of piperidine rings is 1. The number of H-pyrrole nitrogens is 1. The minimum Gasteiger partial charge on any atom is -0.373 e. The molecule has 4 rings (SSSR count). The number of benzene rings is 1. The molecule has 7 nitrogen and oxygen atoms in total. The molecule has 134 valence electrons. The Balaban J connectivity index is 1.78. The first-order valence-electron chi connectivity index (χ1n) is 8.58. The van der Waals surface area contributed by atoms with Crippen LogP contribution in [0.15, 0.2) is 36.7 Å². The fraction of sp³-hybridized carbons (Fsp3) is 0.278. The topological polar surface area (TPSA) is 99.9 Å². The Bertz CT molecular complexity index is 946. The predicted octanol–water partition coefficient (Wildman–Crippen LogP) is 1.73. The highest BCUT2D eigenvalue weighted by molar-refractivity contribution is 6.30. The summed E-state index contributed by atoms with van der Waals surface area (Å²) >= 11 is 5.98. The highest BCUT2D eigenvalue weighted by Crippen LogP contribution is 2.22. The zero-order valence-corrected chi connectivity index (χ0v) is 14.9. The van der Waals surface area contributed by atoms with Crippen molar-refractivity contribution in [1.82, 2.24) is 15.3 Å². The van der Waals surface area contributed by atoms with E-state index in [9.17, 15) is 4.79 Å². The maximum atomic E-state index is 11.8. The molecule has 3 aromatic rings. The third-order valence-corrected chi connectivity index (χ3v) is 4.84. The van der Waals surface area contributed by atoms with Crippen molar-refractivity contribution in [2.45, 2.75) is 18.9 Å². The van der Waals surface area contributed by atoms with E-state index in [-0.39, 0.29) is 5.82 Å². The molecule has 1 fully saturated rings. The predicted molar refractivity (Wildman–Crippen MR) is 100 cm³/mol. The molecular weight excluding hydrogens is 352 g/mol. The monoisotopic (exact) mass is 371 g/mol. The van der Waals surface area contributed by atoms with Gasteiger partial charge in [-0.2, -0.15) is 4.40 Å². The number of nitrogens with zero attached hydrogens (tertiary/aromatic N) is 2. The number of aromatic nitrogens is 3. The van der Waals surface area contributed by atoms with E-state index in [1.165, 1.54) is 0 Å². The summed E-state index contributed by atoms with van der Waals surface area (Å²) in [5, 5.41) is 7.57. The zero-order valence-electron chi connectivity index (χ0n) is 14.1. The van der Waals surface area contributed by atoms with Gasteiger partial charge in [-0.05, 0) is 43.7 Å². The summed E-state index contributed by atoms with van der Waals surface area (Å²) in [6.07, 6.45) is 5.70. The van der Waals surface area contributed by atoms with E-state index >= 15 is 0 Å². The van der Waals surface area contributed by atoms with Gasteiger partial charge in [-0.15, -0.1) is 4.98 Å². The number of fused-ring (bicyclic) bond motifs is 1. The molecule has 0 unspecified atom stereocenters. The molecule has 1 saturated heterocycles. The maximum Gasteiger partial charge on any atom is 0.333 e. The summed E-state index contributed by atoms with van der Waals surface area (Å²) < 4.78 is 1.70. The van der Waals surface area contributed by atoms with Crippen LogP contribution in [0.4, 0.5) is 5.69 Å². The van der Waals surface area contributed by atoms with E-state index in [2.05, 4.69) is 20.6 Å². The van der Waals surface area contributed by atoms with Crippen LogP contribution in [0, 0.1) is 0 Å². The SMILES string of the molecule is NC(=O)c1ncc(N[C@H]2CCCNC2)c2[nH]c(-c3ccc(Cl)cc3)c[n+]12. The van der Waals surface area contributed by atoms with Crippen LogP contribution in [0.3, 0.4) is 0 Å². The van der Waals surface area contributed by atoms with E-state index in [1.807, 2.05) is 30.5 Å². The number of rotatable bonds is 4. The average molecular weight is 372 g/mol. The van der Waals surface area contributed by atoms with E-state index in [0.717, 1.165) is 48.5 Å². The second-order valence-electron chi connectivity index (χ2n) is 6.44. The summed E-state index contributed by atoms with van der Waals surface area (Å²) in [7, 11) is 0. The van der Waals surface area contributed by atoms with E-state index < -0.39 is 5.91 Å². The second-order valence-corrected chi connectivity index (χ2v) is 6.88. The Labute approximate surface area is 155 Å². The Kier molecular flexibility index (Phi) is 4.48. The summed E-state index contributed by atoms with van der Waals surface area (Å²) in [5.74, 6) is -0.392. The molecule has 0 spiro atoms. The molecule has 1 aliphatic heterocycles. The first-order valence-corrected chi connectivity index (χ1v) is 8.96. The van der Waals surface area contributed by atoms with Gasteiger partial charge in [-0.25, -0.2) is 0 Å². The highest BCUT2D eigenvalue weighted by atomic mass is 35.5. The Morgan fingerprint density at radius 1 is 1.35 bits per heavy atom. The number of hydrogen-bond acceptors (Lipinski definition) is 4. The van der Waals surface area contributed by atoms with Gasteiger partial charge in [-0.1, -0.05) is 11.6 Å². The van der Waals surface area contributed by atoms with Gasteiger partial charge in [0.15, 0.2) is 0 Å². The van der Waals surface area contributed by atoms with Crippen molar-refractivity contribution in [3.8, 4) is 11.3 Å². The summed E-state index contributed by atoms with van der Waals surface area (Å²) in [6.45, 7) is 1.94. The van der Waals surface area contributed by atoms with Gasteiger partial charge in [0, 0.05) is 23.2 Å². The molecule has 1 aromatic carbocycles. The van der Waals surface area contributed by atoms with Crippen molar-refractivity contribution in [3.63, 3.8) is 0 Å². The molecular formula is C18H20ClN6O+. The molecule has 1 atom stereocenters. The van der Waals surface area contributed by atoms with E-state index in [4.69, 9.17) is 17.3 Å².